The Labute approximate surface area is 136 Å². The molecule has 0 aliphatic rings. The number of benzene rings is 2. The Morgan fingerprint density at radius 1 is 0.957 bits per heavy atom. The quantitative estimate of drug-likeness (QED) is 0.834. The number of amides is 1. The highest BCUT2D eigenvalue weighted by molar-refractivity contribution is 5.89. The zero-order chi connectivity index (χ0) is 16.7. The van der Waals surface area contributed by atoms with Gasteiger partial charge in [0.05, 0.1) is 12.7 Å². The van der Waals surface area contributed by atoms with E-state index in [2.05, 4.69) is 22.2 Å². The van der Waals surface area contributed by atoms with Crippen LogP contribution in [0, 0.1) is 6.92 Å². The van der Waals surface area contributed by atoms with Crippen LogP contribution in [0.3, 0.4) is 0 Å². The van der Waals surface area contributed by atoms with E-state index in [1.54, 1.807) is 12.1 Å². The van der Waals surface area contributed by atoms with E-state index < -0.39 is 0 Å². The van der Waals surface area contributed by atoms with Crippen LogP contribution < -0.4 is 5.32 Å². The van der Waals surface area contributed by atoms with E-state index in [4.69, 9.17) is 0 Å². The number of hydrogen-bond donors (Lipinski definition) is 1. The van der Waals surface area contributed by atoms with Crippen LogP contribution in [0.5, 0.6) is 0 Å². The van der Waals surface area contributed by atoms with Crippen molar-refractivity contribution in [3.63, 3.8) is 0 Å². The highest BCUT2D eigenvalue weighted by Crippen LogP contribution is 2.07. The van der Waals surface area contributed by atoms with Crippen molar-refractivity contribution in [1.82, 2.24) is 5.32 Å². The Hall–Kier alpha value is -2.62. The van der Waals surface area contributed by atoms with Gasteiger partial charge in [-0.1, -0.05) is 42.0 Å². The van der Waals surface area contributed by atoms with E-state index in [1.807, 2.05) is 31.2 Å². The minimum Gasteiger partial charge on any atom is -0.465 e. The van der Waals surface area contributed by atoms with E-state index in [-0.39, 0.29) is 11.9 Å². The lowest BCUT2D eigenvalue weighted by atomic mass is 10.1. The van der Waals surface area contributed by atoms with Crippen LogP contribution in [0.25, 0.3) is 0 Å². The monoisotopic (exact) mass is 311 g/mol. The van der Waals surface area contributed by atoms with Gasteiger partial charge in [0.25, 0.3) is 0 Å². The normalized spacial score (nSPS) is 10.2. The van der Waals surface area contributed by atoms with Crippen LogP contribution in [-0.4, -0.2) is 19.0 Å². The average Bonchev–Trinajstić information content (AvgIpc) is 2.59. The van der Waals surface area contributed by atoms with Gasteiger partial charge in [-0.05, 0) is 36.6 Å². The fourth-order valence-electron chi connectivity index (χ4n) is 2.18. The predicted octanol–water partition coefficient (Wildman–Crippen LogP) is 3.03. The molecule has 0 heterocycles. The van der Waals surface area contributed by atoms with Crippen molar-refractivity contribution in [3.05, 3.63) is 70.8 Å². The van der Waals surface area contributed by atoms with Crippen molar-refractivity contribution in [3.8, 4) is 0 Å². The van der Waals surface area contributed by atoms with Gasteiger partial charge in [0.15, 0.2) is 0 Å². The van der Waals surface area contributed by atoms with Crippen molar-refractivity contribution in [2.45, 2.75) is 26.3 Å². The van der Waals surface area contributed by atoms with Gasteiger partial charge in [-0.3, -0.25) is 4.79 Å². The molecule has 4 nitrogen and oxygen atoms in total. The highest BCUT2D eigenvalue weighted by Gasteiger charge is 2.06. The molecule has 120 valence electrons. The maximum absolute atomic E-state index is 11.9. The molecule has 0 unspecified atom stereocenters. The molecule has 2 aromatic carbocycles. The maximum atomic E-state index is 11.9. The van der Waals surface area contributed by atoms with E-state index in [9.17, 15) is 9.59 Å². The van der Waals surface area contributed by atoms with E-state index in [0.717, 1.165) is 17.5 Å². The third kappa shape index (κ3) is 5.25. The van der Waals surface area contributed by atoms with Crippen molar-refractivity contribution in [2.75, 3.05) is 7.11 Å². The second-order valence-corrected chi connectivity index (χ2v) is 5.45. The summed E-state index contributed by atoms with van der Waals surface area (Å²) < 4.78 is 4.65. The average molecular weight is 311 g/mol. The number of carbonyl (C=O) groups is 2. The molecule has 23 heavy (non-hydrogen) atoms. The molecule has 0 aliphatic heterocycles. The Morgan fingerprint density at radius 3 is 2.17 bits per heavy atom. The molecule has 0 bridgehead atoms. The molecule has 2 rings (SSSR count). The number of aryl methyl sites for hydroxylation is 2. The van der Waals surface area contributed by atoms with Crippen molar-refractivity contribution < 1.29 is 14.3 Å². The van der Waals surface area contributed by atoms with Gasteiger partial charge in [0.2, 0.25) is 5.91 Å². The van der Waals surface area contributed by atoms with E-state index in [0.29, 0.717) is 18.5 Å². The Bertz CT molecular complexity index is 660. The first-order valence-electron chi connectivity index (χ1n) is 7.58. The van der Waals surface area contributed by atoms with Gasteiger partial charge in [0.1, 0.15) is 0 Å². The molecular weight excluding hydrogens is 290 g/mol. The number of rotatable bonds is 6. The summed E-state index contributed by atoms with van der Waals surface area (Å²) >= 11 is 0. The summed E-state index contributed by atoms with van der Waals surface area (Å²) in [5.41, 5.74) is 3.82. The van der Waals surface area contributed by atoms with Gasteiger partial charge in [-0.2, -0.15) is 0 Å². The summed E-state index contributed by atoms with van der Waals surface area (Å²) in [4.78, 5) is 23.2. The third-order valence-electron chi connectivity index (χ3n) is 3.63. The molecule has 2 aromatic rings. The van der Waals surface area contributed by atoms with Gasteiger partial charge in [0, 0.05) is 13.0 Å². The second-order valence-electron chi connectivity index (χ2n) is 5.45. The predicted molar refractivity (Wildman–Crippen MR) is 89.1 cm³/mol. The first-order valence-corrected chi connectivity index (χ1v) is 7.58. The SMILES string of the molecule is COC(=O)c1ccc(CNC(=O)CCc2ccc(C)cc2)cc1. The fourth-order valence-corrected chi connectivity index (χ4v) is 2.18. The molecule has 1 N–H and O–H groups in total. The molecule has 0 fully saturated rings. The zero-order valence-electron chi connectivity index (χ0n) is 13.5. The Morgan fingerprint density at radius 2 is 1.57 bits per heavy atom. The molecular formula is C19H21NO3. The Kier molecular flexibility index (Phi) is 5.92. The van der Waals surface area contributed by atoms with Crippen LogP contribution in [-0.2, 0) is 22.5 Å². The van der Waals surface area contributed by atoms with Gasteiger partial charge >= 0.3 is 5.97 Å². The molecule has 0 aromatic heterocycles. The molecule has 0 saturated heterocycles. The molecule has 0 aliphatic carbocycles. The Balaban J connectivity index is 1.77. The van der Waals surface area contributed by atoms with Crippen molar-refractivity contribution in [1.29, 1.82) is 0 Å². The maximum Gasteiger partial charge on any atom is 0.337 e. The lowest BCUT2D eigenvalue weighted by Gasteiger charge is -2.07. The van der Waals surface area contributed by atoms with Crippen LogP contribution >= 0.6 is 0 Å². The number of carbonyl (C=O) groups excluding carboxylic acids is 2. The van der Waals surface area contributed by atoms with Crippen molar-refractivity contribution in [2.24, 2.45) is 0 Å². The third-order valence-corrected chi connectivity index (χ3v) is 3.63. The number of nitrogens with one attached hydrogen (secondary N) is 1. The van der Waals surface area contributed by atoms with Crippen LogP contribution in [0.1, 0.15) is 33.5 Å². The molecule has 0 saturated carbocycles. The molecule has 0 atom stereocenters. The van der Waals surface area contributed by atoms with Crippen LogP contribution in [0.4, 0.5) is 0 Å². The second kappa shape index (κ2) is 8.13. The van der Waals surface area contributed by atoms with Crippen LogP contribution in [0.15, 0.2) is 48.5 Å². The summed E-state index contributed by atoms with van der Waals surface area (Å²) in [6.07, 6.45) is 1.19. The van der Waals surface area contributed by atoms with E-state index >= 15 is 0 Å². The summed E-state index contributed by atoms with van der Waals surface area (Å²) in [6, 6.07) is 15.2. The number of ether oxygens (including phenoxy) is 1. The minimum atomic E-state index is -0.362. The lowest BCUT2D eigenvalue weighted by molar-refractivity contribution is -0.121. The highest BCUT2D eigenvalue weighted by atomic mass is 16.5. The molecule has 1 amide bonds. The summed E-state index contributed by atoms with van der Waals surface area (Å²) in [7, 11) is 1.35. The summed E-state index contributed by atoms with van der Waals surface area (Å²) in [6.45, 7) is 2.50. The fraction of sp³-hybridized carbons (Fsp3) is 0.263. The van der Waals surface area contributed by atoms with Gasteiger partial charge < -0.3 is 10.1 Å². The number of hydrogen-bond acceptors (Lipinski definition) is 3. The topological polar surface area (TPSA) is 55.4 Å². The molecule has 0 spiro atoms. The first-order chi connectivity index (χ1) is 11.1. The number of methoxy groups -OCH3 is 1. The molecule has 0 radical (unpaired) electrons. The standard InChI is InChI=1S/C19H21NO3/c1-14-3-5-15(6-4-14)9-12-18(21)20-13-16-7-10-17(11-8-16)19(22)23-2/h3-8,10-11H,9,12-13H2,1-2H3,(H,20,21). The van der Waals surface area contributed by atoms with Crippen LogP contribution in [0.2, 0.25) is 0 Å². The molecule has 4 heteroatoms. The number of esters is 1. The first kappa shape index (κ1) is 16.7. The van der Waals surface area contributed by atoms with Crippen molar-refractivity contribution >= 4 is 11.9 Å². The lowest BCUT2D eigenvalue weighted by Crippen LogP contribution is -2.23. The summed E-state index contributed by atoms with van der Waals surface area (Å²) in [5, 5.41) is 2.89. The van der Waals surface area contributed by atoms with Gasteiger partial charge in [-0.15, -0.1) is 0 Å². The largest absolute Gasteiger partial charge is 0.465 e. The van der Waals surface area contributed by atoms with Gasteiger partial charge in [-0.25, -0.2) is 4.79 Å². The van der Waals surface area contributed by atoms with E-state index in [1.165, 1.54) is 12.7 Å². The zero-order valence-corrected chi connectivity index (χ0v) is 13.5. The smallest absolute Gasteiger partial charge is 0.337 e. The minimum absolute atomic E-state index is 0.0163. The summed E-state index contributed by atoms with van der Waals surface area (Å²) in [5.74, 6) is -0.346.